The molecule has 0 saturated carbocycles. The summed E-state index contributed by atoms with van der Waals surface area (Å²) in [5, 5.41) is 2.80. The molecule has 1 fully saturated rings. The summed E-state index contributed by atoms with van der Waals surface area (Å²) in [4.78, 5) is 25.5. The summed E-state index contributed by atoms with van der Waals surface area (Å²) >= 11 is 5.68. The molecule has 4 nitrogen and oxygen atoms in total. The van der Waals surface area contributed by atoms with Crippen LogP contribution >= 0.6 is 11.6 Å². The molecule has 2 aromatic carbocycles. The molecular formula is C18H16ClFN2O2. The van der Waals surface area contributed by atoms with Crippen molar-refractivity contribution in [2.24, 2.45) is 0 Å². The van der Waals surface area contributed by atoms with Gasteiger partial charge in [-0.1, -0.05) is 23.7 Å². The van der Waals surface area contributed by atoms with Crippen molar-refractivity contribution in [2.75, 3.05) is 16.8 Å². The third kappa shape index (κ3) is 3.74. The average Bonchev–Trinajstić information content (AvgIpc) is 2.97. The molecule has 1 N–H and O–H groups in total. The first-order valence-corrected chi connectivity index (χ1v) is 8.05. The van der Waals surface area contributed by atoms with Crippen molar-refractivity contribution in [1.82, 2.24) is 0 Å². The van der Waals surface area contributed by atoms with Gasteiger partial charge in [0.2, 0.25) is 11.8 Å². The van der Waals surface area contributed by atoms with Crippen molar-refractivity contribution >= 4 is 34.8 Å². The highest BCUT2D eigenvalue weighted by Crippen LogP contribution is 2.22. The van der Waals surface area contributed by atoms with Gasteiger partial charge in [0.25, 0.3) is 0 Å². The fourth-order valence-corrected chi connectivity index (χ4v) is 2.84. The van der Waals surface area contributed by atoms with E-state index >= 15 is 0 Å². The zero-order valence-electron chi connectivity index (χ0n) is 12.9. The fraction of sp³-hybridized carbons (Fsp3) is 0.222. The summed E-state index contributed by atoms with van der Waals surface area (Å²) in [6.45, 7) is 0.731. The number of nitrogens with one attached hydrogen (secondary N) is 1. The predicted molar refractivity (Wildman–Crippen MR) is 91.8 cm³/mol. The van der Waals surface area contributed by atoms with E-state index < -0.39 is 5.82 Å². The third-order valence-corrected chi connectivity index (χ3v) is 4.13. The quantitative estimate of drug-likeness (QED) is 0.915. The summed E-state index contributed by atoms with van der Waals surface area (Å²) in [6.07, 6.45) is 1.57. The summed E-state index contributed by atoms with van der Waals surface area (Å²) in [5.74, 6) is -0.765. The molecule has 24 heavy (non-hydrogen) atoms. The summed E-state index contributed by atoms with van der Waals surface area (Å²) in [5.41, 5.74) is 1.73. The molecule has 3 rings (SSSR count). The number of benzene rings is 2. The lowest BCUT2D eigenvalue weighted by Gasteiger charge is -2.15. The minimum Gasteiger partial charge on any atom is -0.323 e. The van der Waals surface area contributed by atoms with Crippen molar-refractivity contribution < 1.29 is 14.0 Å². The fourth-order valence-electron chi connectivity index (χ4n) is 2.69. The van der Waals surface area contributed by atoms with Crippen LogP contribution in [0, 0.1) is 5.82 Å². The zero-order chi connectivity index (χ0) is 17.1. The Balaban J connectivity index is 1.63. The molecule has 1 aliphatic heterocycles. The molecular weight excluding hydrogens is 331 g/mol. The van der Waals surface area contributed by atoms with Crippen molar-refractivity contribution in [3.63, 3.8) is 0 Å². The Kier molecular flexibility index (Phi) is 4.81. The smallest absolute Gasteiger partial charge is 0.228 e. The molecule has 1 saturated heterocycles. The molecule has 1 aliphatic rings. The molecule has 0 spiro atoms. The lowest BCUT2D eigenvalue weighted by molar-refractivity contribution is -0.117. The number of carbonyl (C=O) groups is 2. The van der Waals surface area contributed by atoms with E-state index in [0.29, 0.717) is 6.42 Å². The second-order valence-corrected chi connectivity index (χ2v) is 6.10. The lowest BCUT2D eigenvalue weighted by atomic mass is 10.1. The first-order chi connectivity index (χ1) is 11.5. The van der Waals surface area contributed by atoms with E-state index in [1.165, 1.54) is 12.1 Å². The molecule has 1 heterocycles. The molecule has 0 aliphatic carbocycles. The van der Waals surface area contributed by atoms with Gasteiger partial charge in [-0.15, -0.1) is 0 Å². The Morgan fingerprint density at radius 2 is 1.96 bits per heavy atom. The number of nitrogens with zero attached hydrogens (tertiary/aromatic N) is 1. The molecule has 2 aromatic rings. The van der Waals surface area contributed by atoms with Crippen LogP contribution in [-0.2, 0) is 16.0 Å². The highest BCUT2D eigenvalue weighted by Gasteiger charge is 2.21. The Hall–Kier alpha value is -2.40. The molecule has 0 atom stereocenters. The van der Waals surface area contributed by atoms with E-state index in [-0.39, 0.29) is 28.9 Å². The van der Waals surface area contributed by atoms with Gasteiger partial charge in [0.1, 0.15) is 5.82 Å². The number of hydrogen-bond acceptors (Lipinski definition) is 2. The molecule has 6 heteroatoms. The Labute approximate surface area is 144 Å². The lowest BCUT2D eigenvalue weighted by Crippen LogP contribution is -2.23. The number of halogens is 2. The van der Waals surface area contributed by atoms with Crippen molar-refractivity contribution in [3.8, 4) is 0 Å². The first-order valence-electron chi connectivity index (χ1n) is 7.67. The van der Waals surface area contributed by atoms with Crippen molar-refractivity contribution in [2.45, 2.75) is 19.3 Å². The summed E-state index contributed by atoms with van der Waals surface area (Å²) in [6, 6.07) is 11.4. The van der Waals surface area contributed by atoms with E-state index in [0.717, 1.165) is 30.3 Å². The van der Waals surface area contributed by atoms with Gasteiger partial charge in [-0.2, -0.15) is 0 Å². The van der Waals surface area contributed by atoms with Crippen LogP contribution in [0.15, 0.2) is 42.5 Å². The zero-order valence-corrected chi connectivity index (χ0v) is 13.6. The first kappa shape index (κ1) is 16.5. The number of carbonyl (C=O) groups excluding carboxylic acids is 2. The van der Waals surface area contributed by atoms with Gasteiger partial charge in [-0.3, -0.25) is 9.59 Å². The van der Waals surface area contributed by atoms with Gasteiger partial charge in [0, 0.05) is 23.7 Å². The number of rotatable bonds is 4. The maximum absolute atomic E-state index is 13.7. The average molecular weight is 347 g/mol. The number of amides is 2. The van der Waals surface area contributed by atoms with Gasteiger partial charge in [0.05, 0.1) is 12.1 Å². The van der Waals surface area contributed by atoms with Crippen LogP contribution in [0.1, 0.15) is 18.4 Å². The molecule has 0 bridgehead atoms. The van der Waals surface area contributed by atoms with E-state index in [9.17, 15) is 14.0 Å². The van der Waals surface area contributed by atoms with Crippen LogP contribution in [0.25, 0.3) is 0 Å². The Morgan fingerprint density at radius 3 is 2.58 bits per heavy atom. The summed E-state index contributed by atoms with van der Waals surface area (Å²) < 4.78 is 13.7. The number of hydrogen-bond donors (Lipinski definition) is 1. The largest absolute Gasteiger partial charge is 0.323 e. The van der Waals surface area contributed by atoms with Gasteiger partial charge in [-0.25, -0.2) is 4.39 Å². The van der Waals surface area contributed by atoms with Crippen molar-refractivity contribution in [1.29, 1.82) is 0 Å². The maximum atomic E-state index is 13.7. The SMILES string of the molecule is O=C(Cc1ccc(N2CCCC2=O)cc1)Nc1ccc(Cl)cc1F. The molecule has 0 unspecified atom stereocenters. The van der Waals surface area contributed by atoms with Crippen LogP contribution in [0.5, 0.6) is 0 Å². The van der Waals surface area contributed by atoms with Crippen LogP contribution in [0.3, 0.4) is 0 Å². The topological polar surface area (TPSA) is 49.4 Å². The van der Waals surface area contributed by atoms with Gasteiger partial charge in [0.15, 0.2) is 0 Å². The van der Waals surface area contributed by atoms with Crippen molar-refractivity contribution in [3.05, 3.63) is 58.9 Å². The molecule has 0 aromatic heterocycles. The third-order valence-electron chi connectivity index (χ3n) is 3.89. The minimum atomic E-state index is -0.571. The van der Waals surface area contributed by atoms with Gasteiger partial charge >= 0.3 is 0 Å². The molecule has 2 amide bonds. The Bertz CT molecular complexity index is 777. The van der Waals surface area contributed by atoms with Crippen LogP contribution in [-0.4, -0.2) is 18.4 Å². The van der Waals surface area contributed by atoms with E-state index in [4.69, 9.17) is 11.6 Å². The highest BCUT2D eigenvalue weighted by atomic mass is 35.5. The normalized spacial score (nSPS) is 14.1. The standard InChI is InChI=1S/C18H16ClFN2O2/c19-13-5-8-16(15(20)11-13)21-17(23)10-12-3-6-14(7-4-12)22-9-1-2-18(22)24/h3-8,11H,1-2,9-10H2,(H,21,23). The van der Waals surface area contributed by atoms with Gasteiger partial charge < -0.3 is 10.2 Å². The second kappa shape index (κ2) is 7.01. The van der Waals surface area contributed by atoms with E-state index in [1.807, 2.05) is 12.1 Å². The Morgan fingerprint density at radius 1 is 1.21 bits per heavy atom. The molecule has 124 valence electrons. The highest BCUT2D eigenvalue weighted by molar-refractivity contribution is 6.30. The van der Waals surface area contributed by atoms with Gasteiger partial charge in [-0.05, 0) is 42.3 Å². The maximum Gasteiger partial charge on any atom is 0.228 e. The van der Waals surface area contributed by atoms with Crippen LogP contribution in [0.4, 0.5) is 15.8 Å². The predicted octanol–water partition coefficient (Wildman–Crippen LogP) is 3.79. The van der Waals surface area contributed by atoms with Crippen LogP contribution in [0.2, 0.25) is 5.02 Å². The van der Waals surface area contributed by atoms with Crippen LogP contribution < -0.4 is 10.2 Å². The second-order valence-electron chi connectivity index (χ2n) is 5.66. The minimum absolute atomic E-state index is 0.101. The number of anilines is 2. The monoisotopic (exact) mass is 346 g/mol. The molecule has 0 radical (unpaired) electrons. The summed E-state index contributed by atoms with van der Waals surface area (Å²) in [7, 11) is 0. The van der Waals surface area contributed by atoms with E-state index in [1.54, 1.807) is 17.0 Å². The van der Waals surface area contributed by atoms with E-state index in [2.05, 4.69) is 5.32 Å².